The number of nitroso groups, excluding NO2 is 1. The molecule has 3 aliphatic heterocycles. The molecule has 3 rings (SSSR count). The Balaban J connectivity index is 2.21. The number of carbonyl (C=O) groups is 1. The molecule has 0 aromatic rings. The van der Waals surface area contributed by atoms with Crippen molar-refractivity contribution in [2.24, 2.45) is 28.8 Å². The van der Waals surface area contributed by atoms with E-state index in [9.17, 15) is 35.2 Å². The third-order valence-corrected chi connectivity index (χ3v) is 12.2. The average Bonchev–Trinajstić information content (AvgIpc) is 3.06. The van der Waals surface area contributed by atoms with Crippen molar-refractivity contribution in [1.82, 2.24) is 4.90 Å². The number of nitrogens with zero attached hydrogens (tertiary/aromatic N) is 2. The Hall–Kier alpha value is -1.37. The average molecular weight is 749 g/mol. The highest BCUT2D eigenvalue weighted by Crippen LogP contribution is 2.41. The summed E-state index contributed by atoms with van der Waals surface area (Å²) >= 11 is 0. The fourth-order valence-corrected chi connectivity index (χ4v) is 8.79. The lowest BCUT2D eigenvalue weighted by Gasteiger charge is -2.49. The van der Waals surface area contributed by atoms with Crippen molar-refractivity contribution < 1.29 is 58.7 Å². The van der Waals surface area contributed by atoms with Gasteiger partial charge in [0.2, 0.25) is 0 Å². The molecule has 3 saturated heterocycles. The molecule has 3 fully saturated rings. The number of likely N-dealkylation sites (N-methyl/N-ethyl adjacent to an activating group) is 1. The first-order valence-electron chi connectivity index (χ1n) is 18.8. The second-order valence-corrected chi connectivity index (χ2v) is 16.8. The minimum Gasteiger partial charge on any atom is -0.459 e. The summed E-state index contributed by atoms with van der Waals surface area (Å²) in [5.74, 6) is -4.21. The number of methoxy groups -OCH3 is 1. The topological polar surface area (TPSA) is 206 Å². The van der Waals surface area contributed by atoms with Gasteiger partial charge in [0.1, 0.15) is 23.9 Å². The van der Waals surface area contributed by atoms with E-state index in [0.717, 1.165) is 0 Å². The maximum atomic E-state index is 14.1. The van der Waals surface area contributed by atoms with Gasteiger partial charge in [-0.1, -0.05) is 32.9 Å². The molecule has 0 aromatic heterocycles. The second kappa shape index (κ2) is 17.6. The molecule has 0 radical (unpaired) electrons. The molecule has 15 heteroatoms. The van der Waals surface area contributed by atoms with Gasteiger partial charge in [0.05, 0.1) is 53.7 Å². The summed E-state index contributed by atoms with van der Waals surface area (Å²) < 4.78 is 37.2. The van der Waals surface area contributed by atoms with E-state index in [-0.39, 0.29) is 31.4 Å². The van der Waals surface area contributed by atoms with E-state index in [2.05, 4.69) is 5.18 Å². The van der Waals surface area contributed by atoms with Gasteiger partial charge in [-0.15, -0.1) is 0 Å². The maximum Gasteiger partial charge on any atom is 0.311 e. The summed E-state index contributed by atoms with van der Waals surface area (Å²) in [6.07, 6.45) is -9.58. The fourth-order valence-electron chi connectivity index (χ4n) is 8.79. The molecule has 52 heavy (non-hydrogen) atoms. The Bertz CT molecular complexity index is 1170. The Morgan fingerprint density at radius 1 is 0.923 bits per heavy atom. The van der Waals surface area contributed by atoms with Crippen LogP contribution < -0.4 is 0 Å². The van der Waals surface area contributed by atoms with Gasteiger partial charge in [0.25, 0.3) is 0 Å². The van der Waals surface area contributed by atoms with Crippen LogP contribution in [0.1, 0.15) is 94.9 Å². The van der Waals surface area contributed by atoms with Gasteiger partial charge in [-0.3, -0.25) is 4.79 Å². The highest BCUT2D eigenvalue weighted by Gasteiger charge is 2.54. The molecule has 0 spiro atoms. The first-order chi connectivity index (χ1) is 24.0. The molecule has 0 bridgehead atoms. The first-order valence-corrected chi connectivity index (χ1v) is 18.8. The third-order valence-electron chi connectivity index (χ3n) is 12.2. The summed E-state index contributed by atoms with van der Waals surface area (Å²) in [6.45, 7) is 16.6. The molecular weight excluding hydrogens is 680 g/mol. The molecule has 0 aromatic carbocycles. The number of carbonyl (C=O) groups excluding carboxylic acids is 1. The predicted molar refractivity (Wildman–Crippen MR) is 191 cm³/mol. The fraction of sp³-hybridized carbons (Fsp3) is 0.973. The van der Waals surface area contributed by atoms with Crippen LogP contribution in [0.15, 0.2) is 5.18 Å². The van der Waals surface area contributed by atoms with Crippen molar-refractivity contribution in [1.29, 1.82) is 0 Å². The summed E-state index contributed by atoms with van der Waals surface area (Å²) in [7, 11) is 5.18. The van der Waals surface area contributed by atoms with Crippen molar-refractivity contribution in [3.05, 3.63) is 4.91 Å². The second-order valence-electron chi connectivity index (χ2n) is 16.8. The number of esters is 1. The van der Waals surface area contributed by atoms with E-state index in [1.807, 2.05) is 25.9 Å². The van der Waals surface area contributed by atoms with Gasteiger partial charge < -0.3 is 58.9 Å². The van der Waals surface area contributed by atoms with Crippen LogP contribution in [0, 0.1) is 28.6 Å². The minimum absolute atomic E-state index is 0.0687. The van der Waals surface area contributed by atoms with Gasteiger partial charge in [-0.2, -0.15) is 4.91 Å². The zero-order valence-electron chi connectivity index (χ0n) is 33.5. The van der Waals surface area contributed by atoms with Crippen LogP contribution in [0.4, 0.5) is 0 Å². The van der Waals surface area contributed by atoms with E-state index < -0.39 is 108 Å². The van der Waals surface area contributed by atoms with Gasteiger partial charge in [0, 0.05) is 31.4 Å². The molecule has 3 aliphatic rings. The quantitative estimate of drug-likeness (QED) is 0.179. The van der Waals surface area contributed by atoms with Crippen LogP contribution in [-0.4, -0.2) is 148 Å². The lowest BCUT2D eigenvalue weighted by molar-refractivity contribution is -0.318. The van der Waals surface area contributed by atoms with Gasteiger partial charge >= 0.3 is 5.97 Å². The Morgan fingerprint density at radius 3 is 2.08 bits per heavy atom. The maximum absolute atomic E-state index is 14.1. The monoisotopic (exact) mass is 748 g/mol. The van der Waals surface area contributed by atoms with Crippen LogP contribution >= 0.6 is 0 Å². The summed E-state index contributed by atoms with van der Waals surface area (Å²) in [4.78, 5) is 28.4. The number of hydrogen-bond donors (Lipinski definition) is 5. The van der Waals surface area contributed by atoms with Crippen molar-refractivity contribution in [3.63, 3.8) is 0 Å². The highest BCUT2D eigenvalue weighted by molar-refractivity contribution is 5.73. The van der Waals surface area contributed by atoms with Gasteiger partial charge in [-0.25, -0.2) is 0 Å². The van der Waals surface area contributed by atoms with Gasteiger partial charge in [0.15, 0.2) is 12.6 Å². The molecule has 3 heterocycles. The Kier molecular flexibility index (Phi) is 15.3. The number of hydrogen-bond acceptors (Lipinski definition) is 15. The number of rotatable bonds is 8. The predicted octanol–water partition coefficient (Wildman–Crippen LogP) is 2.35. The molecule has 1 unspecified atom stereocenters. The zero-order chi connectivity index (χ0) is 39.7. The van der Waals surface area contributed by atoms with Crippen molar-refractivity contribution >= 4 is 5.97 Å². The number of aliphatic hydroxyl groups excluding tert-OH is 3. The van der Waals surface area contributed by atoms with E-state index in [1.54, 1.807) is 55.4 Å². The lowest BCUT2D eigenvalue weighted by atomic mass is 9.72. The molecule has 0 saturated carbocycles. The van der Waals surface area contributed by atoms with Gasteiger partial charge in [-0.05, 0) is 80.8 Å². The van der Waals surface area contributed by atoms with Crippen molar-refractivity contribution in [2.45, 2.75) is 185 Å². The molecule has 0 amide bonds. The molecule has 0 aliphatic carbocycles. The van der Waals surface area contributed by atoms with E-state index >= 15 is 0 Å². The van der Waals surface area contributed by atoms with E-state index in [1.165, 1.54) is 14.0 Å². The summed E-state index contributed by atoms with van der Waals surface area (Å²) in [5, 5.41) is 61.4. The summed E-state index contributed by atoms with van der Waals surface area (Å²) in [5.41, 5.74) is -4.80. The Morgan fingerprint density at radius 2 is 1.54 bits per heavy atom. The van der Waals surface area contributed by atoms with Crippen LogP contribution in [0.25, 0.3) is 0 Å². The van der Waals surface area contributed by atoms with Crippen LogP contribution in [0.5, 0.6) is 0 Å². The molecule has 5 N–H and O–H groups in total. The van der Waals surface area contributed by atoms with Crippen molar-refractivity contribution in [3.8, 4) is 0 Å². The standard InChI is InChI=1S/C37H68N2O13/c1-14-25-37(10,45)30(41)20(4)27(38-46)18(2)16-35(8,44)32(52-34-28(40)24(39(11)12)15-19(3)48-34)21(5)29(22(6)33(43)50-25)51-26-17-36(9,47-13)31(42)23(7)49-26/h18-32,34,40-42,44-45H,14-17H2,1-13H3/t18-,19-,20+,21+,22-,23+,24+,25-,26+,27?,28-,29+,30-,31+,32-,34+,35-,36-,37-/m1/s1. The molecule has 19 atom stereocenters. The molecule has 15 nitrogen and oxygen atoms in total. The number of ether oxygens (including phenoxy) is 6. The largest absolute Gasteiger partial charge is 0.459 e. The normalized spacial score (nSPS) is 50.3. The SMILES string of the molecule is CC[C@H]1OC(=O)[C@H](C)[C@@H](O[C@H]2C[C@@](C)(OC)[C@@H](O)[C@H](C)O2)[C@H](C)[C@@H](O[C@@H]2O[C@H](C)C[C@H](N(C)C)[C@H]2O)[C@](C)(O)C[C@@H](C)C(N=O)[C@H](C)[C@@H](O)[C@]1(C)O. The minimum atomic E-state index is -1.97. The number of aliphatic hydroxyl groups is 5. The third kappa shape index (κ3) is 9.52. The molecular formula is C37H68N2O13. The lowest BCUT2D eigenvalue weighted by Crippen LogP contribution is -2.61. The van der Waals surface area contributed by atoms with Crippen LogP contribution in [-0.2, 0) is 33.2 Å². The van der Waals surface area contributed by atoms with Crippen LogP contribution in [0.3, 0.4) is 0 Å². The highest BCUT2D eigenvalue weighted by atomic mass is 16.7. The smallest absolute Gasteiger partial charge is 0.311 e. The van der Waals surface area contributed by atoms with Crippen LogP contribution in [0.2, 0.25) is 0 Å². The van der Waals surface area contributed by atoms with Crippen molar-refractivity contribution in [2.75, 3.05) is 21.2 Å². The Labute approximate surface area is 309 Å². The zero-order valence-corrected chi connectivity index (χ0v) is 33.5. The molecule has 304 valence electrons. The summed E-state index contributed by atoms with van der Waals surface area (Å²) in [6, 6.07) is -1.40. The number of cyclic esters (lactones) is 1. The van der Waals surface area contributed by atoms with E-state index in [4.69, 9.17) is 28.4 Å². The van der Waals surface area contributed by atoms with E-state index in [0.29, 0.717) is 6.42 Å². The first kappa shape index (κ1) is 45.0.